The molecule has 0 saturated carbocycles. The maximum absolute atomic E-state index is 4.18. The molecule has 2 aromatic heterocycles. The number of nitrogens with zero attached hydrogens (tertiary/aromatic N) is 3. The van der Waals surface area contributed by atoms with Crippen molar-refractivity contribution in [1.82, 2.24) is 14.3 Å². The monoisotopic (exact) mass is 335 g/mol. The quantitative estimate of drug-likeness (QED) is 0.696. The normalized spacial score (nSPS) is 14.4. The third-order valence-corrected chi connectivity index (χ3v) is 4.15. The predicted octanol–water partition coefficient (Wildman–Crippen LogP) is 5.90. The Labute approximate surface area is 151 Å². The van der Waals surface area contributed by atoms with Crippen molar-refractivity contribution < 1.29 is 0 Å². The van der Waals surface area contributed by atoms with Crippen LogP contribution in [0.4, 0.5) is 0 Å². The van der Waals surface area contributed by atoms with Crippen LogP contribution in [0.3, 0.4) is 0 Å². The van der Waals surface area contributed by atoms with Gasteiger partial charge in [0.15, 0.2) is 0 Å². The molecule has 0 spiro atoms. The zero-order valence-electron chi connectivity index (χ0n) is 16.0. The van der Waals surface area contributed by atoms with Crippen LogP contribution in [-0.2, 0) is 0 Å². The minimum Gasteiger partial charge on any atom is -0.325 e. The number of imidazole rings is 1. The number of hydrogen-bond donors (Lipinski definition) is 0. The van der Waals surface area contributed by atoms with Crippen molar-refractivity contribution in [1.29, 1.82) is 0 Å². The average molecular weight is 335 g/mol. The summed E-state index contributed by atoms with van der Waals surface area (Å²) in [5.74, 6) is 1.15. The van der Waals surface area contributed by atoms with Gasteiger partial charge >= 0.3 is 0 Å². The third kappa shape index (κ3) is 4.96. The minimum atomic E-state index is 0.570. The van der Waals surface area contributed by atoms with E-state index >= 15 is 0 Å². The van der Waals surface area contributed by atoms with E-state index < -0.39 is 0 Å². The highest BCUT2D eigenvalue weighted by molar-refractivity contribution is 5.40. The van der Waals surface area contributed by atoms with E-state index in [1.807, 2.05) is 36.5 Å². The molecule has 132 valence electrons. The van der Waals surface area contributed by atoms with Crippen molar-refractivity contribution in [2.45, 2.75) is 40.5 Å². The number of pyridine rings is 1. The Morgan fingerprint density at radius 3 is 2.48 bits per heavy atom. The van der Waals surface area contributed by atoms with Gasteiger partial charge in [-0.2, -0.15) is 0 Å². The van der Waals surface area contributed by atoms with E-state index in [4.69, 9.17) is 0 Å². The van der Waals surface area contributed by atoms with Gasteiger partial charge in [-0.25, -0.2) is 4.98 Å². The molecule has 0 atom stereocenters. The Kier molecular flexibility index (Phi) is 6.40. The molecular formula is C22H29N3. The van der Waals surface area contributed by atoms with E-state index in [9.17, 15) is 0 Å². The maximum atomic E-state index is 4.18. The van der Waals surface area contributed by atoms with Crippen molar-refractivity contribution >= 4 is 5.65 Å². The first-order chi connectivity index (χ1) is 11.9. The van der Waals surface area contributed by atoms with Crippen LogP contribution in [0.25, 0.3) is 5.65 Å². The van der Waals surface area contributed by atoms with Gasteiger partial charge < -0.3 is 9.30 Å². The predicted molar refractivity (Wildman–Crippen MR) is 107 cm³/mol. The lowest BCUT2D eigenvalue weighted by Gasteiger charge is -2.22. The zero-order valence-corrected chi connectivity index (χ0v) is 16.0. The lowest BCUT2D eigenvalue weighted by atomic mass is 10.0. The van der Waals surface area contributed by atoms with Crippen LogP contribution in [0.2, 0.25) is 0 Å². The van der Waals surface area contributed by atoms with E-state index in [2.05, 4.69) is 80.3 Å². The summed E-state index contributed by atoms with van der Waals surface area (Å²) in [6, 6.07) is 4.18. The first kappa shape index (κ1) is 18.8. The molecule has 3 nitrogen and oxygen atoms in total. The topological polar surface area (TPSA) is 20.5 Å². The fraction of sp³-hybridized carbons (Fsp3) is 0.318. The largest absolute Gasteiger partial charge is 0.325 e. The molecule has 0 aromatic carbocycles. The van der Waals surface area contributed by atoms with E-state index in [1.54, 1.807) is 0 Å². The van der Waals surface area contributed by atoms with Gasteiger partial charge in [0.25, 0.3) is 0 Å². The molecule has 1 aliphatic rings. The highest BCUT2D eigenvalue weighted by Gasteiger charge is 2.07. The van der Waals surface area contributed by atoms with Gasteiger partial charge in [-0.3, -0.25) is 0 Å². The molecule has 3 rings (SSSR count). The van der Waals surface area contributed by atoms with Crippen molar-refractivity contribution in [3.8, 4) is 0 Å². The maximum Gasteiger partial charge on any atom is 0.136 e. The molecule has 0 radical (unpaired) electrons. The zero-order chi connectivity index (χ0) is 18.4. The van der Waals surface area contributed by atoms with Crippen LogP contribution < -0.4 is 0 Å². The second-order valence-corrected chi connectivity index (χ2v) is 6.81. The van der Waals surface area contributed by atoms with Crippen LogP contribution in [-0.4, -0.2) is 14.3 Å². The molecule has 0 unspecified atom stereocenters. The van der Waals surface area contributed by atoms with Crippen LogP contribution in [0.1, 0.15) is 46.1 Å². The molecule has 2 aromatic rings. The molecule has 3 heteroatoms. The first-order valence-electron chi connectivity index (χ1n) is 8.84. The van der Waals surface area contributed by atoms with Crippen molar-refractivity contribution in [2.75, 3.05) is 0 Å². The fourth-order valence-electron chi connectivity index (χ4n) is 2.52. The van der Waals surface area contributed by atoms with E-state index in [0.717, 1.165) is 11.3 Å². The summed E-state index contributed by atoms with van der Waals surface area (Å²) in [7, 11) is 0. The molecule has 1 aliphatic heterocycles. The first-order valence-corrected chi connectivity index (χ1v) is 8.84. The van der Waals surface area contributed by atoms with Gasteiger partial charge in [0.2, 0.25) is 0 Å². The van der Waals surface area contributed by atoms with Crippen LogP contribution >= 0.6 is 0 Å². The lowest BCUT2D eigenvalue weighted by molar-refractivity contribution is 0.632. The number of aromatic nitrogens is 2. The van der Waals surface area contributed by atoms with Crippen molar-refractivity contribution in [3.63, 3.8) is 0 Å². The van der Waals surface area contributed by atoms with Gasteiger partial charge in [-0.1, -0.05) is 46.4 Å². The number of fused-ring (bicyclic) bond motifs is 1. The number of allylic oxidation sites excluding steroid dienone is 4. The van der Waals surface area contributed by atoms with Crippen LogP contribution in [0.15, 0.2) is 79.2 Å². The highest BCUT2D eigenvalue weighted by Crippen LogP contribution is 2.21. The van der Waals surface area contributed by atoms with Gasteiger partial charge in [0, 0.05) is 36.7 Å². The Balaban J connectivity index is 0.000000181. The van der Waals surface area contributed by atoms with Gasteiger partial charge in [-0.15, -0.1) is 0 Å². The number of hydrogen-bond acceptors (Lipinski definition) is 2. The molecule has 0 saturated heterocycles. The van der Waals surface area contributed by atoms with Gasteiger partial charge in [-0.05, 0) is 48.1 Å². The molecule has 0 aliphatic carbocycles. The van der Waals surface area contributed by atoms with Gasteiger partial charge in [0.05, 0.1) is 0 Å². The second-order valence-electron chi connectivity index (χ2n) is 6.81. The summed E-state index contributed by atoms with van der Waals surface area (Å²) in [4.78, 5) is 6.20. The summed E-state index contributed by atoms with van der Waals surface area (Å²) < 4.78 is 2.05. The summed E-state index contributed by atoms with van der Waals surface area (Å²) in [5.41, 5.74) is 4.73. The van der Waals surface area contributed by atoms with Crippen molar-refractivity contribution in [3.05, 3.63) is 84.8 Å². The average Bonchev–Trinajstić information content (AvgIpc) is 3.05. The van der Waals surface area contributed by atoms with Crippen molar-refractivity contribution in [2.24, 2.45) is 5.92 Å². The Bertz CT molecular complexity index is 804. The molecule has 0 N–H and O–H groups in total. The summed E-state index contributed by atoms with van der Waals surface area (Å²) in [6.45, 7) is 14.8. The molecular weight excluding hydrogens is 306 g/mol. The van der Waals surface area contributed by atoms with E-state index in [0.29, 0.717) is 11.8 Å². The highest BCUT2D eigenvalue weighted by atomic mass is 15.1. The standard InChI is InChI=1S/C12H17N.C10H12N2/c1-5-7-13-8-6-12(10(2)3)9-11(13)4;1-8(2)9-3-4-10-11-5-6-12(10)7-9/h5-10H,4H2,1-3H3;3-8H,1-2H3/b7-5-;. The summed E-state index contributed by atoms with van der Waals surface area (Å²) in [6.07, 6.45) is 16.3. The summed E-state index contributed by atoms with van der Waals surface area (Å²) >= 11 is 0. The Morgan fingerprint density at radius 2 is 1.88 bits per heavy atom. The van der Waals surface area contributed by atoms with Crippen LogP contribution in [0.5, 0.6) is 0 Å². The van der Waals surface area contributed by atoms with Gasteiger partial charge in [0.1, 0.15) is 5.65 Å². The molecule has 0 amide bonds. The second kappa shape index (κ2) is 8.52. The summed E-state index contributed by atoms with van der Waals surface area (Å²) in [5, 5.41) is 0. The Hall–Kier alpha value is -2.55. The lowest BCUT2D eigenvalue weighted by Crippen LogP contribution is -2.11. The smallest absolute Gasteiger partial charge is 0.136 e. The molecule has 25 heavy (non-hydrogen) atoms. The fourth-order valence-corrected chi connectivity index (χ4v) is 2.52. The SMILES string of the molecule is C=C1C=C(C(C)C)C=CN1/C=C\C.CC(C)c1ccc2nccn2c1. The van der Waals surface area contributed by atoms with E-state index in [1.165, 1.54) is 11.1 Å². The molecule has 0 bridgehead atoms. The van der Waals surface area contributed by atoms with Crippen LogP contribution in [0, 0.1) is 5.92 Å². The number of rotatable bonds is 3. The molecule has 3 heterocycles. The third-order valence-electron chi connectivity index (χ3n) is 4.15. The van der Waals surface area contributed by atoms with E-state index in [-0.39, 0.29) is 0 Å². The molecule has 0 fully saturated rings. The Morgan fingerprint density at radius 1 is 1.12 bits per heavy atom. The minimum absolute atomic E-state index is 0.570.